The number of azide groups is 1. The molecule has 0 radical (unpaired) electrons. The third-order valence-corrected chi connectivity index (χ3v) is 2.37. The van der Waals surface area contributed by atoms with Crippen molar-refractivity contribution in [1.82, 2.24) is 0 Å². The van der Waals surface area contributed by atoms with Gasteiger partial charge >= 0.3 is 7.25 Å². The van der Waals surface area contributed by atoms with E-state index in [1.54, 1.807) is 0 Å². The first kappa shape index (κ1) is 7.92. The van der Waals surface area contributed by atoms with Crippen molar-refractivity contribution < 1.29 is 9.31 Å². The summed E-state index contributed by atoms with van der Waals surface area (Å²) in [5.74, 6) is 0. The number of hydrogen-bond donors (Lipinski definition) is 0. The molecule has 2 fully saturated rings. The molecule has 0 bridgehead atoms. The maximum Gasteiger partial charge on any atom is 0.549 e. The normalized spacial score (nSPS) is 34.2. The van der Waals surface area contributed by atoms with Gasteiger partial charge in [0, 0.05) is 0 Å². The summed E-state index contributed by atoms with van der Waals surface area (Å²) in [7, 11) is -0.678. The van der Waals surface area contributed by atoms with E-state index in [1.807, 2.05) is 0 Å². The standard InChI is InChI=1S/C6H10BN3O2/c8-10-9-7-11-5-3-1-2-4-6(5)12-7/h5-6H,1-4H2. The predicted molar refractivity (Wildman–Crippen MR) is 43.1 cm³/mol. The van der Waals surface area contributed by atoms with Crippen LogP contribution in [0.25, 0.3) is 10.4 Å². The van der Waals surface area contributed by atoms with Gasteiger partial charge in [-0.3, -0.25) is 0 Å². The van der Waals surface area contributed by atoms with Crippen LogP contribution < -0.4 is 0 Å². The van der Waals surface area contributed by atoms with Crippen molar-refractivity contribution in [3.63, 3.8) is 0 Å². The largest absolute Gasteiger partial charge is 0.549 e. The van der Waals surface area contributed by atoms with Gasteiger partial charge in [0.2, 0.25) is 0 Å². The molecule has 1 heterocycles. The first-order valence-corrected chi connectivity index (χ1v) is 4.25. The third kappa shape index (κ3) is 1.41. The summed E-state index contributed by atoms with van der Waals surface area (Å²) in [5.41, 5.74) is 8.16. The van der Waals surface area contributed by atoms with Crippen molar-refractivity contribution in [1.29, 1.82) is 0 Å². The fourth-order valence-corrected chi connectivity index (χ4v) is 1.80. The van der Waals surface area contributed by atoms with Crippen LogP contribution in [0.1, 0.15) is 25.7 Å². The van der Waals surface area contributed by atoms with E-state index in [0.717, 1.165) is 12.8 Å². The molecule has 5 nitrogen and oxygen atoms in total. The highest BCUT2D eigenvalue weighted by Crippen LogP contribution is 2.30. The molecule has 0 spiro atoms. The lowest BCUT2D eigenvalue weighted by atomic mass is 9.95. The molecule has 1 aliphatic heterocycles. The Bertz CT molecular complexity index is 205. The van der Waals surface area contributed by atoms with E-state index in [2.05, 4.69) is 9.94 Å². The zero-order valence-electron chi connectivity index (χ0n) is 6.72. The highest BCUT2D eigenvalue weighted by atomic mass is 16.7. The molecule has 0 N–H and O–H groups in total. The van der Waals surface area contributed by atoms with Gasteiger partial charge in [-0.25, -0.2) is 0 Å². The summed E-state index contributed by atoms with van der Waals surface area (Å²) in [6.07, 6.45) is 4.76. The van der Waals surface area contributed by atoms with E-state index >= 15 is 0 Å². The van der Waals surface area contributed by atoms with Crippen molar-refractivity contribution >= 4 is 7.25 Å². The number of hydrogen-bond acceptors (Lipinski definition) is 3. The van der Waals surface area contributed by atoms with Gasteiger partial charge in [0.1, 0.15) is 0 Å². The second-order valence-corrected chi connectivity index (χ2v) is 3.15. The number of nitrogens with zero attached hydrogens (tertiary/aromatic N) is 3. The maximum atomic E-state index is 8.16. The zero-order valence-corrected chi connectivity index (χ0v) is 6.72. The quantitative estimate of drug-likeness (QED) is 0.258. The molecule has 0 aromatic carbocycles. The van der Waals surface area contributed by atoms with Crippen LogP contribution in [0.3, 0.4) is 0 Å². The SMILES string of the molecule is [N-]=[N+]=NB1OC2CCCCC2O1. The van der Waals surface area contributed by atoms with Crippen LogP contribution in [0.2, 0.25) is 0 Å². The Balaban J connectivity index is 1.98. The summed E-state index contributed by atoms with van der Waals surface area (Å²) in [6, 6.07) is 0. The average Bonchev–Trinajstić information content (AvgIpc) is 2.47. The molecule has 6 heteroatoms. The first-order chi connectivity index (χ1) is 5.90. The molecule has 0 aromatic heterocycles. The van der Waals surface area contributed by atoms with Gasteiger partial charge in [-0.05, 0) is 23.3 Å². The van der Waals surface area contributed by atoms with Crippen molar-refractivity contribution in [3.8, 4) is 0 Å². The van der Waals surface area contributed by atoms with E-state index in [0.29, 0.717) is 0 Å². The summed E-state index contributed by atoms with van der Waals surface area (Å²) in [6.45, 7) is 0. The lowest BCUT2D eigenvalue weighted by Gasteiger charge is -2.22. The average molecular weight is 167 g/mol. The Hall–Kier alpha value is -0.705. The monoisotopic (exact) mass is 167 g/mol. The second-order valence-electron chi connectivity index (χ2n) is 3.15. The van der Waals surface area contributed by atoms with Gasteiger partial charge < -0.3 is 9.31 Å². The first-order valence-electron chi connectivity index (χ1n) is 4.25. The fraction of sp³-hybridized carbons (Fsp3) is 1.00. The lowest BCUT2D eigenvalue weighted by Crippen LogP contribution is -2.25. The molecular weight excluding hydrogens is 157 g/mol. The van der Waals surface area contributed by atoms with Gasteiger partial charge in [0.05, 0.1) is 12.2 Å². The van der Waals surface area contributed by atoms with E-state index in [4.69, 9.17) is 14.8 Å². The lowest BCUT2D eigenvalue weighted by molar-refractivity contribution is 0.110. The maximum absolute atomic E-state index is 8.16. The number of fused-ring (bicyclic) bond motifs is 1. The van der Waals surface area contributed by atoms with Crippen LogP contribution in [-0.2, 0) is 9.31 Å². The molecule has 64 valence electrons. The summed E-state index contributed by atoms with van der Waals surface area (Å²) in [4.78, 5) is 2.65. The molecule has 0 aromatic rings. The molecule has 1 saturated carbocycles. The van der Waals surface area contributed by atoms with E-state index in [9.17, 15) is 0 Å². The minimum absolute atomic E-state index is 0.161. The molecule has 12 heavy (non-hydrogen) atoms. The summed E-state index contributed by atoms with van der Waals surface area (Å²) >= 11 is 0. The smallest absolute Gasteiger partial charge is 0.403 e. The Labute approximate surface area is 70.8 Å². The summed E-state index contributed by atoms with van der Waals surface area (Å²) in [5, 5.41) is 3.38. The van der Waals surface area contributed by atoms with Crippen molar-refractivity contribution in [3.05, 3.63) is 10.4 Å². The third-order valence-electron chi connectivity index (χ3n) is 2.37. The Morgan fingerprint density at radius 3 is 2.33 bits per heavy atom. The van der Waals surface area contributed by atoms with Gasteiger partial charge in [0.25, 0.3) is 0 Å². The highest BCUT2D eigenvalue weighted by molar-refractivity contribution is 6.42. The predicted octanol–water partition coefficient (Wildman–Crippen LogP) is 1.64. The molecule has 0 amide bonds. The molecule has 2 aliphatic rings. The Kier molecular flexibility index (Phi) is 2.21. The van der Waals surface area contributed by atoms with Crippen LogP contribution in [0.4, 0.5) is 0 Å². The zero-order chi connectivity index (χ0) is 8.39. The van der Waals surface area contributed by atoms with E-state index < -0.39 is 7.25 Å². The van der Waals surface area contributed by atoms with Crippen molar-refractivity contribution in [2.75, 3.05) is 0 Å². The van der Waals surface area contributed by atoms with Crippen molar-refractivity contribution in [2.24, 2.45) is 5.03 Å². The van der Waals surface area contributed by atoms with E-state index in [1.165, 1.54) is 12.8 Å². The van der Waals surface area contributed by atoms with Crippen LogP contribution in [0, 0.1) is 0 Å². The molecular formula is C6H10BN3O2. The Morgan fingerprint density at radius 1 is 1.25 bits per heavy atom. The molecule has 1 aliphatic carbocycles. The molecule has 2 atom stereocenters. The van der Waals surface area contributed by atoms with Crippen LogP contribution in [0.5, 0.6) is 0 Å². The Morgan fingerprint density at radius 2 is 1.83 bits per heavy atom. The molecule has 1 saturated heterocycles. The van der Waals surface area contributed by atoms with Gasteiger partial charge in [-0.2, -0.15) is 0 Å². The second kappa shape index (κ2) is 3.35. The van der Waals surface area contributed by atoms with Gasteiger partial charge in [-0.1, -0.05) is 17.9 Å². The minimum atomic E-state index is -0.678. The molecule has 2 rings (SSSR count). The van der Waals surface area contributed by atoms with Gasteiger partial charge in [0.15, 0.2) is 0 Å². The molecule has 2 unspecified atom stereocenters. The fourth-order valence-electron chi connectivity index (χ4n) is 1.80. The van der Waals surface area contributed by atoms with Crippen LogP contribution >= 0.6 is 0 Å². The highest BCUT2D eigenvalue weighted by Gasteiger charge is 2.39. The van der Waals surface area contributed by atoms with Crippen LogP contribution in [-0.4, -0.2) is 19.5 Å². The van der Waals surface area contributed by atoms with E-state index in [-0.39, 0.29) is 12.2 Å². The number of rotatable bonds is 1. The van der Waals surface area contributed by atoms with Crippen molar-refractivity contribution in [2.45, 2.75) is 37.9 Å². The summed E-state index contributed by atoms with van der Waals surface area (Å²) < 4.78 is 10.7. The minimum Gasteiger partial charge on any atom is -0.403 e. The van der Waals surface area contributed by atoms with Gasteiger partial charge in [-0.15, -0.1) is 0 Å². The topological polar surface area (TPSA) is 67.2 Å². The van der Waals surface area contributed by atoms with Crippen LogP contribution in [0.15, 0.2) is 5.03 Å².